The van der Waals surface area contributed by atoms with E-state index in [2.05, 4.69) is 39.0 Å². The highest BCUT2D eigenvalue weighted by Crippen LogP contribution is 2.16. The van der Waals surface area contributed by atoms with Gasteiger partial charge in [-0.1, -0.05) is 18.2 Å². The van der Waals surface area contributed by atoms with Crippen LogP contribution in [-0.2, 0) is 13.1 Å². The van der Waals surface area contributed by atoms with E-state index in [1.165, 1.54) is 5.56 Å². The van der Waals surface area contributed by atoms with Gasteiger partial charge in [-0.05, 0) is 17.7 Å². The molecular formula is C17H20N6. The minimum absolute atomic E-state index is 0.541. The van der Waals surface area contributed by atoms with Crippen molar-refractivity contribution in [2.75, 3.05) is 18.4 Å². The van der Waals surface area contributed by atoms with Crippen molar-refractivity contribution in [2.45, 2.75) is 13.1 Å². The first-order chi connectivity index (χ1) is 11.4. The van der Waals surface area contributed by atoms with Gasteiger partial charge in [0.1, 0.15) is 5.82 Å². The van der Waals surface area contributed by atoms with Crippen LogP contribution in [0.4, 0.5) is 5.82 Å². The van der Waals surface area contributed by atoms with Gasteiger partial charge < -0.3 is 10.6 Å². The summed E-state index contributed by atoms with van der Waals surface area (Å²) in [5.74, 6) is 1.66. The van der Waals surface area contributed by atoms with Crippen LogP contribution in [-0.4, -0.2) is 32.7 Å². The Bertz CT molecular complexity index is 761. The summed E-state index contributed by atoms with van der Waals surface area (Å²) < 4.78 is 3.95. The number of fused-ring (bicyclic) bond motifs is 1. The molecule has 0 saturated carbocycles. The van der Waals surface area contributed by atoms with Gasteiger partial charge in [0.05, 0.1) is 11.9 Å². The summed E-state index contributed by atoms with van der Waals surface area (Å²) in [4.78, 5) is 0. The summed E-state index contributed by atoms with van der Waals surface area (Å²) in [6, 6.07) is 12.3. The normalized spacial score (nSPS) is 16.8. The SMILES string of the molecule is c1ccc(-n2cccn2)c(CNCC2CNc3ccnn3C2)c1. The molecule has 1 aliphatic heterocycles. The van der Waals surface area contributed by atoms with E-state index in [1.54, 1.807) is 6.20 Å². The Morgan fingerprint density at radius 1 is 1.13 bits per heavy atom. The molecule has 3 aromatic rings. The van der Waals surface area contributed by atoms with E-state index in [9.17, 15) is 0 Å². The Labute approximate surface area is 135 Å². The number of para-hydroxylation sites is 1. The average molecular weight is 308 g/mol. The number of hydrogen-bond acceptors (Lipinski definition) is 4. The fourth-order valence-corrected chi connectivity index (χ4v) is 3.03. The van der Waals surface area contributed by atoms with Gasteiger partial charge in [-0.15, -0.1) is 0 Å². The van der Waals surface area contributed by atoms with Gasteiger partial charge >= 0.3 is 0 Å². The van der Waals surface area contributed by atoms with Crippen molar-refractivity contribution in [3.05, 3.63) is 60.6 Å². The maximum atomic E-state index is 4.34. The number of anilines is 1. The smallest absolute Gasteiger partial charge is 0.124 e. The van der Waals surface area contributed by atoms with Crippen LogP contribution in [0.2, 0.25) is 0 Å². The van der Waals surface area contributed by atoms with E-state index >= 15 is 0 Å². The summed E-state index contributed by atoms with van der Waals surface area (Å²) in [5.41, 5.74) is 2.38. The van der Waals surface area contributed by atoms with Crippen molar-refractivity contribution < 1.29 is 0 Å². The van der Waals surface area contributed by atoms with E-state index in [1.807, 2.05) is 40.0 Å². The van der Waals surface area contributed by atoms with Crippen LogP contribution in [0.5, 0.6) is 0 Å². The lowest BCUT2D eigenvalue weighted by Gasteiger charge is -2.25. The standard InChI is InChI=1S/C17H20N6/c1-2-5-16(22-9-3-7-20-22)15(4-1)12-18-10-14-11-19-17-6-8-21-23(17)13-14/h1-9,14,18-19H,10-13H2. The van der Waals surface area contributed by atoms with Crippen molar-refractivity contribution >= 4 is 5.82 Å². The molecule has 0 fully saturated rings. The molecular weight excluding hydrogens is 288 g/mol. The second kappa shape index (κ2) is 6.26. The predicted molar refractivity (Wildman–Crippen MR) is 89.5 cm³/mol. The summed E-state index contributed by atoms with van der Waals surface area (Å²) >= 11 is 0. The molecule has 1 aliphatic rings. The number of hydrogen-bond donors (Lipinski definition) is 2. The lowest BCUT2D eigenvalue weighted by atomic mass is 10.1. The van der Waals surface area contributed by atoms with Crippen LogP contribution in [0.25, 0.3) is 5.69 Å². The second-order valence-corrected chi connectivity index (χ2v) is 5.86. The number of benzene rings is 1. The zero-order valence-electron chi connectivity index (χ0n) is 12.9. The second-order valence-electron chi connectivity index (χ2n) is 5.86. The highest BCUT2D eigenvalue weighted by atomic mass is 15.3. The molecule has 23 heavy (non-hydrogen) atoms. The molecule has 6 nitrogen and oxygen atoms in total. The molecule has 6 heteroatoms. The Kier molecular flexibility index (Phi) is 3.81. The van der Waals surface area contributed by atoms with Gasteiger partial charge in [-0.3, -0.25) is 0 Å². The van der Waals surface area contributed by atoms with E-state index < -0.39 is 0 Å². The first-order valence-corrected chi connectivity index (χ1v) is 7.94. The third-order valence-electron chi connectivity index (χ3n) is 4.21. The Hall–Kier alpha value is -2.60. The minimum atomic E-state index is 0.541. The fourth-order valence-electron chi connectivity index (χ4n) is 3.03. The molecule has 4 rings (SSSR count). The number of nitrogens with zero attached hydrogens (tertiary/aromatic N) is 4. The molecule has 0 bridgehead atoms. The molecule has 0 saturated heterocycles. The van der Waals surface area contributed by atoms with Crippen molar-refractivity contribution in [3.63, 3.8) is 0 Å². The van der Waals surface area contributed by atoms with Crippen LogP contribution < -0.4 is 10.6 Å². The largest absolute Gasteiger partial charge is 0.370 e. The topological polar surface area (TPSA) is 59.7 Å². The maximum absolute atomic E-state index is 4.34. The van der Waals surface area contributed by atoms with Gasteiger partial charge in [0.15, 0.2) is 0 Å². The molecule has 0 spiro atoms. The highest BCUT2D eigenvalue weighted by molar-refractivity contribution is 5.40. The van der Waals surface area contributed by atoms with Crippen LogP contribution in [0.3, 0.4) is 0 Å². The summed E-state index contributed by atoms with van der Waals surface area (Å²) in [5, 5.41) is 15.7. The molecule has 2 N–H and O–H groups in total. The van der Waals surface area contributed by atoms with Crippen molar-refractivity contribution in [1.82, 2.24) is 24.9 Å². The van der Waals surface area contributed by atoms with Gasteiger partial charge in [-0.25, -0.2) is 9.36 Å². The molecule has 1 unspecified atom stereocenters. The van der Waals surface area contributed by atoms with Crippen molar-refractivity contribution in [2.24, 2.45) is 5.92 Å². The molecule has 0 aliphatic carbocycles. The van der Waals surface area contributed by atoms with E-state index in [-0.39, 0.29) is 0 Å². The van der Waals surface area contributed by atoms with Crippen LogP contribution >= 0.6 is 0 Å². The summed E-state index contributed by atoms with van der Waals surface area (Å²) in [7, 11) is 0. The van der Waals surface area contributed by atoms with Crippen molar-refractivity contribution in [1.29, 1.82) is 0 Å². The third-order valence-corrected chi connectivity index (χ3v) is 4.21. The molecule has 1 aromatic carbocycles. The van der Waals surface area contributed by atoms with E-state index in [0.29, 0.717) is 5.92 Å². The molecule has 0 amide bonds. The molecule has 3 heterocycles. The van der Waals surface area contributed by atoms with E-state index in [0.717, 1.165) is 37.7 Å². The highest BCUT2D eigenvalue weighted by Gasteiger charge is 2.17. The molecule has 2 aromatic heterocycles. The Morgan fingerprint density at radius 3 is 3.00 bits per heavy atom. The summed E-state index contributed by atoms with van der Waals surface area (Å²) in [6.45, 7) is 3.74. The van der Waals surface area contributed by atoms with Gasteiger partial charge in [0.25, 0.3) is 0 Å². The van der Waals surface area contributed by atoms with Crippen LogP contribution in [0.1, 0.15) is 5.56 Å². The lowest BCUT2D eigenvalue weighted by molar-refractivity contribution is 0.391. The Morgan fingerprint density at radius 2 is 2.09 bits per heavy atom. The zero-order valence-corrected chi connectivity index (χ0v) is 12.9. The maximum Gasteiger partial charge on any atom is 0.124 e. The third kappa shape index (κ3) is 2.98. The van der Waals surface area contributed by atoms with E-state index in [4.69, 9.17) is 0 Å². The quantitative estimate of drug-likeness (QED) is 0.756. The van der Waals surface area contributed by atoms with Crippen LogP contribution in [0.15, 0.2) is 55.0 Å². The predicted octanol–water partition coefficient (Wildman–Crippen LogP) is 1.90. The van der Waals surface area contributed by atoms with Gasteiger partial charge in [0, 0.05) is 50.6 Å². The lowest BCUT2D eigenvalue weighted by Crippen LogP contribution is -2.35. The first-order valence-electron chi connectivity index (χ1n) is 7.94. The minimum Gasteiger partial charge on any atom is -0.370 e. The molecule has 118 valence electrons. The van der Waals surface area contributed by atoms with Gasteiger partial charge in [-0.2, -0.15) is 10.2 Å². The molecule has 0 radical (unpaired) electrons. The number of nitrogens with one attached hydrogen (secondary N) is 2. The zero-order chi connectivity index (χ0) is 15.5. The monoisotopic (exact) mass is 308 g/mol. The Balaban J connectivity index is 1.37. The van der Waals surface area contributed by atoms with Crippen LogP contribution in [0, 0.1) is 5.92 Å². The molecule has 1 atom stereocenters. The average Bonchev–Trinajstić information content (AvgIpc) is 3.26. The van der Waals surface area contributed by atoms with Crippen molar-refractivity contribution in [3.8, 4) is 5.69 Å². The number of aromatic nitrogens is 4. The number of rotatable bonds is 5. The summed E-state index contributed by atoms with van der Waals surface area (Å²) in [6.07, 6.45) is 5.63. The fraction of sp³-hybridized carbons (Fsp3) is 0.294. The van der Waals surface area contributed by atoms with Gasteiger partial charge in [0.2, 0.25) is 0 Å². The first kappa shape index (κ1) is 14.0.